The van der Waals surface area contributed by atoms with Crippen molar-refractivity contribution >= 4 is 17.5 Å². The highest BCUT2D eigenvalue weighted by atomic mass is 16.5. The van der Waals surface area contributed by atoms with Crippen LogP contribution < -0.4 is 10.2 Å². The molecule has 2 saturated heterocycles. The van der Waals surface area contributed by atoms with Crippen molar-refractivity contribution in [2.45, 2.75) is 33.1 Å². The predicted octanol–water partition coefficient (Wildman–Crippen LogP) is 2.14. The van der Waals surface area contributed by atoms with Gasteiger partial charge < -0.3 is 15.0 Å². The molecule has 3 rings (SSSR count). The Morgan fingerprint density at radius 2 is 2.17 bits per heavy atom. The second-order valence-corrected chi connectivity index (χ2v) is 6.99. The molecule has 0 aromatic heterocycles. The van der Waals surface area contributed by atoms with Crippen LogP contribution in [0.15, 0.2) is 24.3 Å². The molecule has 2 aliphatic rings. The molecule has 1 aromatic carbocycles. The van der Waals surface area contributed by atoms with E-state index in [4.69, 9.17) is 4.74 Å². The number of amides is 2. The third-order valence-corrected chi connectivity index (χ3v) is 5.33. The highest BCUT2D eigenvalue weighted by Gasteiger charge is 2.39. The summed E-state index contributed by atoms with van der Waals surface area (Å²) in [6.07, 6.45) is 2.21. The van der Waals surface area contributed by atoms with E-state index in [2.05, 4.69) is 25.2 Å². The zero-order valence-corrected chi connectivity index (χ0v) is 14.5. The quantitative estimate of drug-likeness (QED) is 0.869. The fourth-order valence-corrected chi connectivity index (χ4v) is 3.32. The van der Waals surface area contributed by atoms with Crippen LogP contribution in [0, 0.1) is 11.3 Å². The molecule has 1 unspecified atom stereocenters. The maximum Gasteiger partial charge on any atom is 0.227 e. The van der Waals surface area contributed by atoms with Gasteiger partial charge in [-0.25, -0.2) is 0 Å². The van der Waals surface area contributed by atoms with Gasteiger partial charge in [-0.05, 0) is 30.5 Å². The number of nitrogens with zero attached hydrogens (tertiary/aromatic N) is 1. The van der Waals surface area contributed by atoms with Gasteiger partial charge in [0.1, 0.15) is 0 Å². The molecule has 24 heavy (non-hydrogen) atoms. The standard InChI is InChI=1S/C19H26N2O3/c1-3-14-6-5-7-16(8-14)21-10-15(9-17(21)22)18(23)20-11-19(4-2)12-24-13-19/h5-8,15H,3-4,9-13H2,1-2H3,(H,20,23). The number of anilines is 1. The second-order valence-electron chi connectivity index (χ2n) is 6.99. The van der Waals surface area contributed by atoms with Crippen molar-refractivity contribution in [2.24, 2.45) is 11.3 Å². The van der Waals surface area contributed by atoms with Crippen LogP contribution in [0.4, 0.5) is 5.69 Å². The molecule has 2 amide bonds. The number of carbonyl (C=O) groups excluding carboxylic acids is 2. The molecule has 1 aromatic rings. The summed E-state index contributed by atoms with van der Waals surface area (Å²) in [5.74, 6) is -0.254. The van der Waals surface area contributed by atoms with Gasteiger partial charge in [-0.15, -0.1) is 0 Å². The van der Waals surface area contributed by atoms with Gasteiger partial charge in [0.25, 0.3) is 0 Å². The molecule has 1 atom stereocenters. The average Bonchev–Trinajstić information content (AvgIpc) is 2.96. The lowest BCUT2D eigenvalue weighted by atomic mass is 9.83. The minimum atomic E-state index is -0.266. The zero-order chi connectivity index (χ0) is 17.2. The molecule has 2 aliphatic heterocycles. The molecule has 0 radical (unpaired) electrons. The lowest BCUT2D eigenvalue weighted by molar-refractivity contribution is -0.133. The summed E-state index contributed by atoms with van der Waals surface area (Å²) in [5.41, 5.74) is 2.18. The van der Waals surface area contributed by atoms with E-state index in [0.717, 1.165) is 18.5 Å². The summed E-state index contributed by atoms with van der Waals surface area (Å²) >= 11 is 0. The largest absolute Gasteiger partial charge is 0.380 e. The van der Waals surface area contributed by atoms with E-state index in [1.807, 2.05) is 18.2 Å². The number of aryl methyl sites for hydroxylation is 1. The van der Waals surface area contributed by atoms with Crippen molar-refractivity contribution in [2.75, 3.05) is 31.2 Å². The molecular weight excluding hydrogens is 304 g/mol. The van der Waals surface area contributed by atoms with Crippen LogP contribution in [-0.2, 0) is 20.7 Å². The Bertz CT molecular complexity index is 619. The molecular formula is C19H26N2O3. The molecule has 5 nitrogen and oxygen atoms in total. The summed E-state index contributed by atoms with van der Waals surface area (Å²) in [7, 11) is 0. The van der Waals surface area contributed by atoms with Crippen LogP contribution in [0.2, 0.25) is 0 Å². The Morgan fingerprint density at radius 1 is 1.38 bits per heavy atom. The van der Waals surface area contributed by atoms with E-state index < -0.39 is 0 Å². The van der Waals surface area contributed by atoms with E-state index in [1.54, 1.807) is 4.90 Å². The molecule has 0 spiro atoms. The minimum Gasteiger partial charge on any atom is -0.380 e. The van der Waals surface area contributed by atoms with Gasteiger partial charge in [0, 0.05) is 30.6 Å². The number of rotatable bonds is 6. The fraction of sp³-hybridized carbons (Fsp3) is 0.579. The first kappa shape index (κ1) is 17.0. The van der Waals surface area contributed by atoms with Crippen LogP contribution in [0.5, 0.6) is 0 Å². The van der Waals surface area contributed by atoms with Crippen molar-refractivity contribution in [1.29, 1.82) is 0 Å². The van der Waals surface area contributed by atoms with E-state index in [0.29, 0.717) is 26.3 Å². The highest BCUT2D eigenvalue weighted by Crippen LogP contribution is 2.31. The van der Waals surface area contributed by atoms with Gasteiger partial charge in [-0.3, -0.25) is 9.59 Å². The smallest absolute Gasteiger partial charge is 0.227 e. The van der Waals surface area contributed by atoms with Gasteiger partial charge in [-0.1, -0.05) is 26.0 Å². The van der Waals surface area contributed by atoms with Crippen LogP contribution in [0.25, 0.3) is 0 Å². The number of hydrogen-bond acceptors (Lipinski definition) is 3. The van der Waals surface area contributed by atoms with E-state index in [-0.39, 0.29) is 29.6 Å². The predicted molar refractivity (Wildman–Crippen MR) is 92.8 cm³/mol. The molecule has 130 valence electrons. The minimum absolute atomic E-state index is 0.0165. The van der Waals surface area contributed by atoms with E-state index >= 15 is 0 Å². The second kappa shape index (κ2) is 6.93. The van der Waals surface area contributed by atoms with Crippen molar-refractivity contribution in [3.63, 3.8) is 0 Å². The third kappa shape index (κ3) is 3.31. The number of ether oxygens (including phenoxy) is 1. The molecule has 1 N–H and O–H groups in total. The summed E-state index contributed by atoms with van der Waals surface area (Å²) < 4.78 is 5.29. The van der Waals surface area contributed by atoms with Gasteiger partial charge in [-0.2, -0.15) is 0 Å². The van der Waals surface area contributed by atoms with Crippen molar-refractivity contribution in [3.8, 4) is 0 Å². The highest BCUT2D eigenvalue weighted by molar-refractivity contribution is 6.00. The first-order chi connectivity index (χ1) is 11.6. The SMILES string of the molecule is CCc1cccc(N2CC(C(=O)NCC3(CC)COC3)CC2=O)c1. The van der Waals surface area contributed by atoms with Crippen LogP contribution >= 0.6 is 0 Å². The summed E-state index contributed by atoms with van der Waals surface area (Å²) in [4.78, 5) is 26.5. The lowest BCUT2D eigenvalue weighted by Gasteiger charge is -2.41. The van der Waals surface area contributed by atoms with Gasteiger partial charge in [0.15, 0.2) is 0 Å². The maximum absolute atomic E-state index is 12.5. The van der Waals surface area contributed by atoms with E-state index in [1.165, 1.54) is 5.56 Å². The van der Waals surface area contributed by atoms with Gasteiger partial charge >= 0.3 is 0 Å². The monoisotopic (exact) mass is 330 g/mol. The van der Waals surface area contributed by atoms with Crippen LogP contribution in [0.1, 0.15) is 32.3 Å². The topological polar surface area (TPSA) is 58.6 Å². The Hall–Kier alpha value is -1.88. The number of nitrogens with one attached hydrogen (secondary N) is 1. The van der Waals surface area contributed by atoms with Crippen molar-refractivity contribution in [1.82, 2.24) is 5.32 Å². The first-order valence-corrected chi connectivity index (χ1v) is 8.81. The van der Waals surface area contributed by atoms with Crippen LogP contribution in [-0.4, -0.2) is 38.1 Å². The normalized spacial score (nSPS) is 22.3. The van der Waals surface area contributed by atoms with E-state index in [9.17, 15) is 9.59 Å². The van der Waals surface area contributed by atoms with Gasteiger partial charge in [0.05, 0.1) is 19.1 Å². The number of hydrogen-bond donors (Lipinski definition) is 1. The Morgan fingerprint density at radius 3 is 2.79 bits per heavy atom. The molecule has 2 heterocycles. The Balaban J connectivity index is 1.60. The Kier molecular flexibility index (Phi) is 4.90. The molecule has 0 bridgehead atoms. The molecule has 0 saturated carbocycles. The van der Waals surface area contributed by atoms with Gasteiger partial charge in [0.2, 0.25) is 11.8 Å². The lowest BCUT2D eigenvalue weighted by Crippen LogP contribution is -2.51. The number of benzene rings is 1. The molecule has 0 aliphatic carbocycles. The van der Waals surface area contributed by atoms with Crippen molar-refractivity contribution < 1.29 is 14.3 Å². The summed E-state index contributed by atoms with van der Waals surface area (Å²) in [6.45, 7) is 6.74. The molecule has 2 fully saturated rings. The fourth-order valence-electron chi connectivity index (χ4n) is 3.32. The average molecular weight is 330 g/mol. The van der Waals surface area contributed by atoms with Crippen LogP contribution in [0.3, 0.4) is 0 Å². The summed E-state index contributed by atoms with van der Waals surface area (Å²) in [6, 6.07) is 8.00. The Labute approximate surface area is 143 Å². The first-order valence-electron chi connectivity index (χ1n) is 8.81. The number of carbonyl (C=O) groups is 2. The summed E-state index contributed by atoms with van der Waals surface area (Å²) in [5, 5.41) is 3.04. The third-order valence-electron chi connectivity index (χ3n) is 5.33. The zero-order valence-electron chi connectivity index (χ0n) is 14.5. The van der Waals surface area contributed by atoms with Crippen molar-refractivity contribution in [3.05, 3.63) is 29.8 Å². The maximum atomic E-state index is 12.5. The molecule has 5 heteroatoms.